The lowest BCUT2D eigenvalue weighted by Gasteiger charge is -2.26. The molecule has 1 saturated heterocycles. The van der Waals surface area contributed by atoms with Crippen LogP contribution < -0.4 is 11.1 Å². The standard InChI is InChI=1S/C10H19N3O3/c1-2-13(7-9(11)14)10(15)5-8-6-12-3-4-16-8/h8,12H,2-7H2,1H3,(H2,11,14). The smallest absolute Gasteiger partial charge is 0.237 e. The van der Waals surface area contributed by atoms with Crippen LogP contribution in [0.4, 0.5) is 0 Å². The van der Waals surface area contributed by atoms with Gasteiger partial charge in [-0.1, -0.05) is 0 Å². The molecule has 1 atom stereocenters. The molecule has 1 aliphatic heterocycles. The molecule has 0 aromatic heterocycles. The van der Waals surface area contributed by atoms with E-state index in [4.69, 9.17) is 10.5 Å². The van der Waals surface area contributed by atoms with Gasteiger partial charge in [0.05, 0.1) is 25.7 Å². The zero-order valence-corrected chi connectivity index (χ0v) is 9.57. The van der Waals surface area contributed by atoms with E-state index in [-0.39, 0.29) is 18.6 Å². The largest absolute Gasteiger partial charge is 0.375 e. The number of hydrogen-bond donors (Lipinski definition) is 2. The third kappa shape index (κ3) is 4.16. The molecule has 2 amide bonds. The lowest BCUT2D eigenvalue weighted by atomic mass is 10.2. The van der Waals surface area contributed by atoms with Crippen LogP contribution >= 0.6 is 0 Å². The Kier molecular flexibility index (Phi) is 5.21. The summed E-state index contributed by atoms with van der Waals surface area (Å²) in [4.78, 5) is 24.0. The molecule has 1 aliphatic rings. The van der Waals surface area contributed by atoms with Crippen molar-refractivity contribution in [1.29, 1.82) is 0 Å². The van der Waals surface area contributed by atoms with E-state index in [0.29, 0.717) is 26.1 Å². The molecule has 0 bridgehead atoms. The number of amides is 2. The molecule has 92 valence electrons. The van der Waals surface area contributed by atoms with E-state index in [0.717, 1.165) is 6.54 Å². The van der Waals surface area contributed by atoms with Crippen molar-refractivity contribution in [3.63, 3.8) is 0 Å². The molecule has 0 saturated carbocycles. The number of likely N-dealkylation sites (N-methyl/N-ethyl adjacent to an activating group) is 1. The van der Waals surface area contributed by atoms with Crippen molar-refractivity contribution in [2.75, 3.05) is 32.8 Å². The number of carbonyl (C=O) groups is 2. The molecule has 0 spiro atoms. The molecule has 3 N–H and O–H groups in total. The molecule has 0 aromatic rings. The third-order valence-electron chi connectivity index (χ3n) is 2.49. The lowest BCUT2D eigenvalue weighted by molar-refractivity contribution is -0.137. The Balaban J connectivity index is 2.38. The molecule has 0 radical (unpaired) electrons. The van der Waals surface area contributed by atoms with Gasteiger partial charge < -0.3 is 20.7 Å². The van der Waals surface area contributed by atoms with Gasteiger partial charge in [-0.2, -0.15) is 0 Å². The van der Waals surface area contributed by atoms with Crippen molar-refractivity contribution < 1.29 is 14.3 Å². The van der Waals surface area contributed by atoms with Crippen LogP contribution in [0, 0.1) is 0 Å². The van der Waals surface area contributed by atoms with Crippen LogP contribution in [0.5, 0.6) is 0 Å². The monoisotopic (exact) mass is 229 g/mol. The minimum Gasteiger partial charge on any atom is -0.375 e. The van der Waals surface area contributed by atoms with Crippen molar-refractivity contribution in [2.45, 2.75) is 19.4 Å². The van der Waals surface area contributed by atoms with Gasteiger partial charge >= 0.3 is 0 Å². The predicted molar refractivity (Wildman–Crippen MR) is 58.7 cm³/mol. The van der Waals surface area contributed by atoms with Crippen molar-refractivity contribution in [1.82, 2.24) is 10.2 Å². The van der Waals surface area contributed by atoms with E-state index in [9.17, 15) is 9.59 Å². The highest BCUT2D eigenvalue weighted by Crippen LogP contribution is 2.04. The maximum atomic E-state index is 11.8. The summed E-state index contributed by atoms with van der Waals surface area (Å²) in [5.41, 5.74) is 5.06. The number of rotatable bonds is 5. The van der Waals surface area contributed by atoms with E-state index in [1.54, 1.807) is 0 Å². The lowest BCUT2D eigenvalue weighted by Crippen LogP contribution is -2.44. The Bertz CT molecular complexity index is 252. The van der Waals surface area contributed by atoms with Crippen LogP contribution in [0.2, 0.25) is 0 Å². The summed E-state index contributed by atoms with van der Waals surface area (Å²) in [6, 6.07) is 0. The minimum absolute atomic E-state index is 0.0184. The second-order valence-electron chi connectivity index (χ2n) is 3.78. The Morgan fingerprint density at radius 2 is 2.31 bits per heavy atom. The number of nitrogens with two attached hydrogens (primary N) is 1. The van der Waals surface area contributed by atoms with Crippen LogP contribution in [-0.4, -0.2) is 55.6 Å². The van der Waals surface area contributed by atoms with E-state index in [1.165, 1.54) is 4.90 Å². The predicted octanol–water partition coefficient (Wildman–Crippen LogP) is -1.30. The summed E-state index contributed by atoms with van der Waals surface area (Å²) < 4.78 is 5.42. The maximum Gasteiger partial charge on any atom is 0.237 e. The first kappa shape index (κ1) is 12.9. The van der Waals surface area contributed by atoms with Gasteiger partial charge in [0, 0.05) is 19.6 Å². The number of nitrogens with one attached hydrogen (secondary N) is 1. The fraction of sp³-hybridized carbons (Fsp3) is 0.800. The van der Waals surface area contributed by atoms with Gasteiger partial charge in [-0.3, -0.25) is 9.59 Å². The van der Waals surface area contributed by atoms with Crippen LogP contribution in [-0.2, 0) is 14.3 Å². The van der Waals surface area contributed by atoms with Gasteiger partial charge in [0.15, 0.2) is 0 Å². The van der Waals surface area contributed by atoms with Gasteiger partial charge in [-0.05, 0) is 6.92 Å². The van der Waals surface area contributed by atoms with Crippen molar-refractivity contribution >= 4 is 11.8 Å². The van der Waals surface area contributed by atoms with Crippen LogP contribution in [0.25, 0.3) is 0 Å². The highest BCUT2D eigenvalue weighted by Gasteiger charge is 2.21. The highest BCUT2D eigenvalue weighted by molar-refractivity contribution is 5.84. The Morgan fingerprint density at radius 3 is 2.81 bits per heavy atom. The number of hydrogen-bond acceptors (Lipinski definition) is 4. The number of primary amides is 1. The van der Waals surface area contributed by atoms with E-state index in [1.807, 2.05) is 6.92 Å². The molecule has 1 heterocycles. The Hall–Kier alpha value is -1.14. The SMILES string of the molecule is CCN(CC(N)=O)C(=O)CC1CNCCO1. The van der Waals surface area contributed by atoms with Gasteiger partial charge in [0.1, 0.15) is 0 Å². The molecular formula is C10H19N3O3. The number of ether oxygens (including phenoxy) is 1. The molecule has 16 heavy (non-hydrogen) atoms. The maximum absolute atomic E-state index is 11.8. The summed E-state index contributed by atoms with van der Waals surface area (Å²) in [5, 5.41) is 3.15. The average molecular weight is 229 g/mol. The second-order valence-corrected chi connectivity index (χ2v) is 3.78. The summed E-state index contributed by atoms with van der Waals surface area (Å²) >= 11 is 0. The normalized spacial score (nSPS) is 20.4. The van der Waals surface area contributed by atoms with Crippen LogP contribution in [0.1, 0.15) is 13.3 Å². The number of morpholine rings is 1. The van der Waals surface area contributed by atoms with Crippen molar-refractivity contribution in [3.8, 4) is 0 Å². The molecule has 1 unspecified atom stereocenters. The number of carbonyl (C=O) groups excluding carboxylic acids is 2. The zero-order valence-electron chi connectivity index (χ0n) is 9.57. The van der Waals surface area contributed by atoms with E-state index >= 15 is 0 Å². The first-order chi connectivity index (χ1) is 7.63. The van der Waals surface area contributed by atoms with Gasteiger partial charge in [0.25, 0.3) is 0 Å². The van der Waals surface area contributed by atoms with Crippen LogP contribution in [0.3, 0.4) is 0 Å². The average Bonchev–Trinajstić information content (AvgIpc) is 2.26. The van der Waals surface area contributed by atoms with E-state index in [2.05, 4.69) is 5.32 Å². The second kappa shape index (κ2) is 6.44. The van der Waals surface area contributed by atoms with Crippen LogP contribution in [0.15, 0.2) is 0 Å². The fourth-order valence-electron chi connectivity index (χ4n) is 1.64. The van der Waals surface area contributed by atoms with Gasteiger partial charge in [0.2, 0.25) is 11.8 Å². The highest BCUT2D eigenvalue weighted by atomic mass is 16.5. The fourth-order valence-corrected chi connectivity index (χ4v) is 1.64. The summed E-state index contributed by atoms with van der Waals surface area (Å²) in [7, 11) is 0. The first-order valence-electron chi connectivity index (χ1n) is 5.52. The molecule has 1 fully saturated rings. The van der Waals surface area contributed by atoms with Crippen molar-refractivity contribution in [2.24, 2.45) is 5.73 Å². The minimum atomic E-state index is -0.488. The topological polar surface area (TPSA) is 84.7 Å². The first-order valence-corrected chi connectivity index (χ1v) is 5.52. The molecule has 6 heteroatoms. The number of nitrogens with zero attached hydrogens (tertiary/aromatic N) is 1. The third-order valence-corrected chi connectivity index (χ3v) is 2.49. The summed E-state index contributed by atoms with van der Waals surface area (Å²) in [6.07, 6.45) is 0.205. The summed E-state index contributed by atoms with van der Waals surface area (Å²) in [6.45, 7) is 4.42. The molecule has 6 nitrogen and oxygen atoms in total. The Morgan fingerprint density at radius 1 is 1.56 bits per heavy atom. The molecule has 0 aliphatic carbocycles. The van der Waals surface area contributed by atoms with E-state index < -0.39 is 5.91 Å². The molecular weight excluding hydrogens is 210 g/mol. The van der Waals surface area contributed by atoms with Gasteiger partial charge in [-0.25, -0.2) is 0 Å². The summed E-state index contributed by atoms with van der Waals surface area (Å²) in [5.74, 6) is -0.576. The quantitative estimate of drug-likeness (QED) is 0.613. The van der Waals surface area contributed by atoms with Gasteiger partial charge in [-0.15, -0.1) is 0 Å². The molecule has 0 aromatic carbocycles. The zero-order chi connectivity index (χ0) is 12.0. The molecule has 1 rings (SSSR count). The van der Waals surface area contributed by atoms with Crippen molar-refractivity contribution in [3.05, 3.63) is 0 Å². The Labute approximate surface area is 95.1 Å².